The Bertz CT molecular complexity index is 648. The maximum atomic E-state index is 11.0. The molecule has 0 bridgehead atoms. The molecule has 3 heterocycles. The topological polar surface area (TPSA) is 57.8 Å². The Hall–Kier alpha value is -1.88. The van der Waals surface area contributed by atoms with Crippen LogP contribution in [0, 0.1) is 0 Å². The first-order chi connectivity index (χ1) is 9.56. The summed E-state index contributed by atoms with van der Waals surface area (Å²) in [7, 11) is 0. The number of carbonyl (C=O) groups is 1. The summed E-state index contributed by atoms with van der Waals surface area (Å²) in [6, 6.07) is 4.22. The number of fused-ring (bicyclic) bond motifs is 1. The molecule has 20 heavy (non-hydrogen) atoms. The lowest BCUT2D eigenvalue weighted by Crippen LogP contribution is -2.30. The van der Waals surface area contributed by atoms with E-state index in [1.54, 1.807) is 18.3 Å². The summed E-state index contributed by atoms with van der Waals surface area (Å²) in [4.78, 5) is 18.1. The summed E-state index contributed by atoms with van der Waals surface area (Å²) < 4.78 is 1.82. The molecule has 0 spiro atoms. The van der Waals surface area contributed by atoms with Crippen molar-refractivity contribution < 1.29 is 9.90 Å². The molecule has 1 aliphatic heterocycles. The minimum absolute atomic E-state index is 0.286. The molecule has 0 radical (unpaired) electrons. The molecule has 1 fully saturated rings. The zero-order valence-electron chi connectivity index (χ0n) is 11.8. The number of nitrogens with zero attached hydrogens (tertiary/aromatic N) is 3. The Labute approximate surface area is 117 Å². The molecule has 0 saturated carbocycles. The highest BCUT2D eigenvalue weighted by Crippen LogP contribution is 2.32. The van der Waals surface area contributed by atoms with Gasteiger partial charge in [-0.15, -0.1) is 0 Å². The fourth-order valence-corrected chi connectivity index (χ4v) is 3.02. The standard InChI is InChI=1S/C15H19N3O2/c1-10(2)18-7-3-4-13(18)12-9-17-8-11(15(19)20)5-6-14(17)16-12/h5-6,8-10,13H,3-4,7H2,1-2H3,(H,19,20). The smallest absolute Gasteiger partial charge is 0.337 e. The number of carboxylic acids is 1. The van der Waals surface area contributed by atoms with E-state index < -0.39 is 5.97 Å². The number of rotatable bonds is 3. The van der Waals surface area contributed by atoms with E-state index in [0.717, 1.165) is 24.3 Å². The van der Waals surface area contributed by atoms with Gasteiger partial charge in [-0.1, -0.05) is 0 Å². The lowest BCUT2D eigenvalue weighted by Gasteiger charge is -2.26. The van der Waals surface area contributed by atoms with Crippen LogP contribution in [0.15, 0.2) is 24.5 Å². The first-order valence-electron chi connectivity index (χ1n) is 7.04. The molecule has 2 aromatic rings. The van der Waals surface area contributed by atoms with E-state index in [2.05, 4.69) is 23.7 Å². The highest BCUT2D eigenvalue weighted by molar-refractivity contribution is 5.87. The normalized spacial score (nSPS) is 20.1. The summed E-state index contributed by atoms with van der Waals surface area (Å²) in [5.41, 5.74) is 2.13. The van der Waals surface area contributed by atoms with E-state index in [-0.39, 0.29) is 5.56 Å². The minimum atomic E-state index is -0.910. The molecule has 1 unspecified atom stereocenters. The first kappa shape index (κ1) is 13.1. The Morgan fingerprint density at radius 3 is 2.90 bits per heavy atom. The van der Waals surface area contributed by atoms with Crippen LogP contribution in [-0.4, -0.2) is 37.9 Å². The maximum absolute atomic E-state index is 11.0. The van der Waals surface area contributed by atoms with Crippen molar-refractivity contribution in [2.24, 2.45) is 0 Å². The predicted octanol–water partition coefficient (Wildman–Crippen LogP) is 2.58. The van der Waals surface area contributed by atoms with Crippen LogP contribution in [0.3, 0.4) is 0 Å². The van der Waals surface area contributed by atoms with Gasteiger partial charge in [0.1, 0.15) is 5.65 Å². The van der Waals surface area contributed by atoms with Crippen molar-refractivity contribution in [3.8, 4) is 0 Å². The van der Waals surface area contributed by atoms with Crippen molar-refractivity contribution in [1.29, 1.82) is 0 Å². The van der Waals surface area contributed by atoms with Crippen molar-refractivity contribution >= 4 is 11.6 Å². The molecular weight excluding hydrogens is 254 g/mol. The average molecular weight is 273 g/mol. The van der Waals surface area contributed by atoms with Crippen LogP contribution >= 0.6 is 0 Å². The van der Waals surface area contributed by atoms with Crippen molar-refractivity contribution in [2.75, 3.05) is 6.54 Å². The number of likely N-dealkylation sites (tertiary alicyclic amines) is 1. The molecule has 0 aliphatic carbocycles. The number of hydrogen-bond acceptors (Lipinski definition) is 3. The van der Waals surface area contributed by atoms with Gasteiger partial charge in [-0.05, 0) is 45.4 Å². The lowest BCUT2D eigenvalue weighted by atomic mass is 10.1. The SMILES string of the molecule is CC(C)N1CCCC1c1cn2cc(C(=O)O)ccc2n1. The summed E-state index contributed by atoms with van der Waals surface area (Å²) in [5.74, 6) is -0.910. The van der Waals surface area contributed by atoms with Gasteiger partial charge < -0.3 is 9.51 Å². The summed E-state index contributed by atoms with van der Waals surface area (Å²) >= 11 is 0. The quantitative estimate of drug-likeness (QED) is 0.933. The lowest BCUT2D eigenvalue weighted by molar-refractivity contribution is 0.0696. The van der Waals surface area contributed by atoms with E-state index in [1.807, 2.05) is 10.6 Å². The zero-order chi connectivity index (χ0) is 14.3. The molecule has 1 atom stereocenters. The van der Waals surface area contributed by atoms with Gasteiger partial charge in [-0.3, -0.25) is 4.90 Å². The van der Waals surface area contributed by atoms with Crippen molar-refractivity contribution in [2.45, 2.75) is 38.8 Å². The molecule has 0 amide bonds. The Kier molecular flexibility index (Phi) is 3.22. The van der Waals surface area contributed by atoms with Gasteiger partial charge in [0.05, 0.1) is 17.3 Å². The number of aromatic nitrogens is 2. The molecule has 5 heteroatoms. The molecule has 106 valence electrons. The van der Waals surface area contributed by atoms with Crippen LogP contribution in [0.5, 0.6) is 0 Å². The number of imidazole rings is 1. The van der Waals surface area contributed by atoms with Crippen LogP contribution in [0.4, 0.5) is 0 Å². The fourth-order valence-electron chi connectivity index (χ4n) is 3.02. The van der Waals surface area contributed by atoms with Crippen LogP contribution in [-0.2, 0) is 0 Å². The van der Waals surface area contributed by atoms with Crippen LogP contribution < -0.4 is 0 Å². The predicted molar refractivity (Wildman–Crippen MR) is 76.0 cm³/mol. The van der Waals surface area contributed by atoms with Gasteiger partial charge in [0.25, 0.3) is 0 Å². The minimum Gasteiger partial charge on any atom is -0.478 e. The third-order valence-electron chi connectivity index (χ3n) is 4.02. The van der Waals surface area contributed by atoms with Gasteiger partial charge in [0.15, 0.2) is 0 Å². The first-order valence-corrected chi connectivity index (χ1v) is 7.04. The van der Waals surface area contributed by atoms with Crippen molar-refractivity contribution in [1.82, 2.24) is 14.3 Å². The second-order valence-electron chi connectivity index (χ2n) is 5.64. The van der Waals surface area contributed by atoms with E-state index in [4.69, 9.17) is 5.11 Å². The zero-order valence-corrected chi connectivity index (χ0v) is 11.8. The van der Waals surface area contributed by atoms with Gasteiger partial charge in [0, 0.05) is 18.4 Å². The summed E-state index contributed by atoms with van der Waals surface area (Å²) in [6.07, 6.45) is 5.90. The third kappa shape index (κ3) is 2.18. The molecular formula is C15H19N3O2. The number of hydrogen-bond donors (Lipinski definition) is 1. The van der Waals surface area contributed by atoms with Crippen molar-refractivity contribution in [3.05, 3.63) is 35.8 Å². The Morgan fingerprint density at radius 2 is 2.20 bits per heavy atom. The molecule has 1 aliphatic rings. The summed E-state index contributed by atoms with van der Waals surface area (Å²) in [5, 5.41) is 9.04. The maximum Gasteiger partial charge on any atom is 0.337 e. The fraction of sp³-hybridized carbons (Fsp3) is 0.467. The van der Waals surface area contributed by atoms with Crippen LogP contribution in [0.25, 0.3) is 5.65 Å². The second kappa shape index (κ2) is 4.90. The second-order valence-corrected chi connectivity index (χ2v) is 5.64. The molecule has 3 rings (SSSR count). The largest absolute Gasteiger partial charge is 0.478 e. The number of carboxylic acid groups (broad SMARTS) is 1. The van der Waals surface area contributed by atoms with E-state index >= 15 is 0 Å². The molecule has 5 nitrogen and oxygen atoms in total. The van der Waals surface area contributed by atoms with Gasteiger partial charge in [0.2, 0.25) is 0 Å². The van der Waals surface area contributed by atoms with E-state index in [1.165, 1.54) is 6.42 Å². The number of aromatic carboxylic acids is 1. The molecule has 1 N–H and O–H groups in total. The van der Waals surface area contributed by atoms with Gasteiger partial charge in [-0.2, -0.15) is 0 Å². The Morgan fingerprint density at radius 1 is 1.40 bits per heavy atom. The highest BCUT2D eigenvalue weighted by atomic mass is 16.4. The van der Waals surface area contributed by atoms with E-state index in [0.29, 0.717) is 12.1 Å². The third-order valence-corrected chi connectivity index (χ3v) is 4.02. The van der Waals surface area contributed by atoms with Crippen LogP contribution in [0.1, 0.15) is 48.8 Å². The molecule has 0 aromatic carbocycles. The molecule has 1 saturated heterocycles. The number of pyridine rings is 1. The molecule has 2 aromatic heterocycles. The van der Waals surface area contributed by atoms with Gasteiger partial charge >= 0.3 is 5.97 Å². The van der Waals surface area contributed by atoms with Crippen molar-refractivity contribution in [3.63, 3.8) is 0 Å². The Balaban J connectivity index is 1.98. The highest BCUT2D eigenvalue weighted by Gasteiger charge is 2.29. The van der Waals surface area contributed by atoms with Crippen LogP contribution in [0.2, 0.25) is 0 Å². The average Bonchev–Trinajstić information content (AvgIpc) is 3.03. The summed E-state index contributed by atoms with van der Waals surface area (Å²) in [6.45, 7) is 5.52. The van der Waals surface area contributed by atoms with E-state index in [9.17, 15) is 4.79 Å². The monoisotopic (exact) mass is 273 g/mol. The van der Waals surface area contributed by atoms with Gasteiger partial charge in [-0.25, -0.2) is 9.78 Å².